The van der Waals surface area contributed by atoms with E-state index in [9.17, 15) is 4.79 Å². The van der Waals surface area contributed by atoms with E-state index >= 15 is 0 Å². The molecule has 8 nitrogen and oxygen atoms in total. The van der Waals surface area contributed by atoms with Crippen molar-refractivity contribution < 1.29 is 4.79 Å². The normalized spacial score (nSPS) is 18.9. The average molecular weight is 341 g/mol. The van der Waals surface area contributed by atoms with E-state index in [4.69, 9.17) is 0 Å². The summed E-state index contributed by atoms with van der Waals surface area (Å²) in [7, 11) is 2.14. The van der Waals surface area contributed by atoms with Crippen LogP contribution in [0.2, 0.25) is 0 Å². The molecule has 1 saturated heterocycles. The lowest BCUT2D eigenvalue weighted by atomic mass is 10.1. The SMILES string of the molecule is CN1CCC(n2cc(NC(=O)Nc3nccc(C4CC4)n3)cn2)CC1. The molecule has 0 spiro atoms. The Morgan fingerprint density at radius 3 is 2.76 bits per heavy atom. The Bertz CT molecular complexity index is 747. The number of piperidine rings is 1. The van der Waals surface area contributed by atoms with Gasteiger partial charge in [-0.1, -0.05) is 0 Å². The average Bonchev–Trinajstić information content (AvgIpc) is 3.36. The van der Waals surface area contributed by atoms with E-state index in [1.165, 1.54) is 12.8 Å². The summed E-state index contributed by atoms with van der Waals surface area (Å²) in [4.78, 5) is 23.0. The first-order valence-corrected chi connectivity index (χ1v) is 8.81. The number of nitrogens with one attached hydrogen (secondary N) is 2. The fraction of sp³-hybridized carbons (Fsp3) is 0.529. The van der Waals surface area contributed by atoms with Crippen LogP contribution >= 0.6 is 0 Å². The van der Waals surface area contributed by atoms with Gasteiger partial charge in [0.05, 0.1) is 17.9 Å². The highest BCUT2D eigenvalue weighted by atomic mass is 16.2. The number of anilines is 2. The Balaban J connectivity index is 1.34. The highest BCUT2D eigenvalue weighted by Crippen LogP contribution is 2.38. The largest absolute Gasteiger partial charge is 0.326 e. The molecule has 2 N–H and O–H groups in total. The maximum Gasteiger partial charge on any atom is 0.326 e. The van der Waals surface area contributed by atoms with Gasteiger partial charge in [0, 0.05) is 24.0 Å². The molecule has 0 aromatic carbocycles. The smallest absolute Gasteiger partial charge is 0.306 e. The van der Waals surface area contributed by atoms with Crippen LogP contribution < -0.4 is 10.6 Å². The summed E-state index contributed by atoms with van der Waals surface area (Å²) in [5, 5.41) is 9.89. The summed E-state index contributed by atoms with van der Waals surface area (Å²) in [5.74, 6) is 0.865. The van der Waals surface area contributed by atoms with Gasteiger partial charge in [0.15, 0.2) is 0 Å². The summed E-state index contributed by atoms with van der Waals surface area (Å²) in [6, 6.07) is 1.95. The van der Waals surface area contributed by atoms with E-state index in [0.29, 0.717) is 23.6 Å². The second-order valence-electron chi connectivity index (χ2n) is 6.90. The summed E-state index contributed by atoms with van der Waals surface area (Å²) in [6.45, 7) is 2.14. The van der Waals surface area contributed by atoms with Crippen LogP contribution in [0.25, 0.3) is 0 Å². The molecule has 2 amide bonds. The molecule has 1 aliphatic heterocycles. The van der Waals surface area contributed by atoms with Crippen LogP contribution in [0.4, 0.5) is 16.4 Å². The summed E-state index contributed by atoms with van der Waals surface area (Å²) in [5.41, 5.74) is 1.68. The van der Waals surface area contributed by atoms with E-state index < -0.39 is 0 Å². The van der Waals surface area contributed by atoms with Crippen LogP contribution in [0.3, 0.4) is 0 Å². The van der Waals surface area contributed by atoms with Gasteiger partial charge in [0.1, 0.15) is 0 Å². The molecule has 2 aromatic heterocycles. The van der Waals surface area contributed by atoms with Gasteiger partial charge < -0.3 is 10.2 Å². The van der Waals surface area contributed by atoms with Crippen LogP contribution in [-0.4, -0.2) is 50.8 Å². The number of urea groups is 1. The number of amides is 2. The maximum absolute atomic E-state index is 12.2. The van der Waals surface area contributed by atoms with Gasteiger partial charge in [0.2, 0.25) is 5.95 Å². The van der Waals surface area contributed by atoms with Crippen molar-refractivity contribution in [3.05, 3.63) is 30.4 Å². The molecule has 1 aliphatic carbocycles. The summed E-state index contributed by atoms with van der Waals surface area (Å²) < 4.78 is 1.95. The molecule has 1 saturated carbocycles. The number of carbonyl (C=O) groups excluding carboxylic acids is 1. The molecule has 2 fully saturated rings. The molecule has 0 atom stereocenters. The highest BCUT2D eigenvalue weighted by molar-refractivity contribution is 5.98. The molecule has 2 aromatic rings. The highest BCUT2D eigenvalue weighted by Gasteiger charge is 2.25. The van der Waals surface area contributed by atoms with E-state index in [0.717, 1.165) is 31.6 Å². The first-order valence-electron chi connectivity index (χ1n) is 8.81. The van der Waals surface area contributed by atoms with Gasteiger partial charge in [0.25, 0.3) is 0 Å². The van der Waals surface area contributed by atoms with Crippen LogP contribution in [0.5, 0.6) is 0 Å². The lowest BCUT2D eigenvalue weighted by molar-refractivity contribution is 0.212. The third-order valence-electron chi connectivity index (χ3n) is 4.82. The van der Waals surface area contributed by atoms with Crippen molar-refractivity contribution in [2.24, 2.45) is 0 Å². The van der Waals surface area contributed by atoms with E-state index in [1.54, 1.807) is 12.4 Å². The first-order chi connectivity index (χ1) is 12.2. The van der Waals surface area contributed by atoms with E-state index in [-0.39, 0.29) is 6.03 Å². The number of rotatable bonds is 4. The van der Waals surface area contributed by atoms with Crippen molar-refractivity contribution in [1.82, 2.24) is 24.6 Å². The van der Waals surface area contributed by atoms with Crippen LogP contribution in [0, 0.1) is 0 Å². The van der Waals surface area contributed by atoms with Gasteiger partial charge in [-0.05, 0) is 51.9 Å². The molecule has 25 heavy (non-hydrogen) atoms. The second-order valence-corrected chi connectivity index (χ2v) is 6.90. The quantitative estimate of drug-likeness (QED) is 0.892. The molecule has 3 heterocycles. The third-order valence-corrected chi connectivity index (χ3v) is 4.82. The lowest BCUT2D eigenvalue weighted by Gasteiger charge is -2.28. The minimum atomic E-state index is -0.351. The molecule has 0 radical (unpaired) electrons. The Morgan fingerprint density at radius 1 is 1.20 bits per heavy atom. The van der Waals surface area contributed by atoms with Gasteiger partial charge in [-0.3, -0.25) is 10.00 Å². The van der Waals surface area contributed by atoms with E-state index in [2.05, 4.69) is 37.6 Å². The third kappa shape index (κ3) is 3.96. The molecular formula is C17H23N7O. The predicted octanol–water partition coefficient (Wildman–Crippen LogP) is 2.46. The number of hydrogen-bond acceptors (Lipinski definition) is 5. The van der Waals surface area contributed by atoms with Crippen molar-refractivity contribution in [3.63, 3.8) is 0 Å². The van der Waals surface area contributed by atoms with Crippen LogP contribution in [0.15, 0.2) is 24.7 Å². The Morgan fingerprint density at radius 2 is 2.00 bits per heavy atom. The van der Waals surface area contributed by atoms with Gasteiger partial charge >= 0.3 is 6.03 Å². The Labute approximate surface area is 146 Å². The lowest BCUT2D eigenvalue weighted by Crippen LogP contribution is -2.31. The topological polar surface area (TPSA) is 88.0 Å². The number of nitrogens with zero attached hydrogens (tertiary/aromatic N) is 5. The number of aromatic nitrogens is 4. The molecule has 8 heteroatoms. The minimum Gasteiger partial charge on any atom is -0.306 e. The molecule has 2 aliphatic rings. The fourth-order valence-corrected chi connectivity index (χ4v) is 3.17. The van der Waals surface area contributed by atoms with Gasteiger partial charge in [-0.25, -0.2) is 14.8 Å². The number of hydrogen-bond donors (Lipinski definition) is 2. The van der Waals surface area contributed by atoms with Crippen molar-refractivity contribution in [2.75, 3.05) is 30.8 Å². The zero-order valence-electron chi connectivity index (χ0n) is 14.4. The predicted molar refractivity (Wildman–Crippen MR) is 94.6 cm³/mol. The second kappa shape index (κ2) is 6.79. The first kappa shape index (κ1) is 16.0. The molecule has 0 unspecified atom stereocenters. The molecule has 0 bridgehead atoms. The zero-order chi connectivity index (χ0) is 17.2. The van der Waals surface area contributed by atoms with Crippen molar-refractivity contribution in [1.29, 1.82) is 0 Å². The van der Waals surface area contributed by atoms with Crippen molar-refractivity contribution in [2.45, 2.75) is 37.6 Å². The zero-order valence-corrected chi connectivity index (χ0v) is 14.4. The van der Waals surface area contributed by atoms with Crippen molar-refractivity contribution in [3.8, 4) is 0 Å². The maximum atomic E-state index is 12.2. The monoisotopic (exact) mass is 341 g/mol. The minimum absolute atomic E-state index is 0.338. The molecule has 4 rings (SSSR count). The van der Waals surface area contributed by atoms with Gasteiger partial charge in [-0.2, -0.15) is 5.10 Å². The molecule has 132 valence electrons. The Hall–Kier alpha value is -2.48. The summed E-state index contributed by atoms with van der Waals surface area (Å²) in [6.07, 6.45) is 9.74. The fourth-order valence-electron chi connectivity index (χ4n) is 3.17. The molecular weight excluding hydrogens is 318 g/mol. The van der Waals surface area contributed by atoms with Crippen LogP contribution in [-0.2, 0) is 0 Å². The standard InChI is InChI=1S/C17H23N7O/c1-23-8-5-14(6-9-23)24-11-13(10-19-24)20-17(25)22-16-18-7-4-15(21-16)12-2-3-12/h4,7,10-12,14H,2-3,5-6,8-9H2,1H3,(H2,18,20,21,22,25). The Kier molecular flexibility index (Phi) is 4.35. The van der Waals surface area contributed by atoms with Crippen LogP contribution in [0.1, 0.15) is 43.3 Å². The summed E-state index contributed by atoms with van der Waals surface area (Å²) >= 11 is 0. The number of likely N-dealkylation sites (tertiary alicyclic amines) is 1. The van der Waals surface area contributed by atoms with Crippen molar-refractivity contribution >= 4 is 17.7 Å². The van der Waals surface area contributed by atoms with E-state index in [1.807, 2.05) is 16.9 Å². The number of carbonyl (C=O) groups is 1. The van der Waals surface area contributed by atoms with Gasteiger partial charge in [-0.15, -0.1) is 0 Å².